The van der Waals surface area contributed by atoms with Crippen LogP contribution in [0.1, 0.15) is 139 Å². The van der Waals surface area contributed by atoms with Crippen LogP contribution in [0.2, 0.25) is 0 Å². The highest BCUT2D eigenvalue weighted by molar-refractivity contribution is 5.76. The molecular formula is C49H74O10. The molecule has 10 nitrogen and oxygen atoms in total. The molecule has 2 fully saturated rings. The van der Waals surface area contributed by atoms with Crippen LogP contribution in [0.25, 0.3) is 0 Å². The van der Waals surface area contributed by atoms with Crippen LogP contribution in [-0.2, 0) is 38.1 Å². The van der Waals surface area contributed by atoms with Gasteiger partial charge in [-0.05, 0) is 112 Å². The molecule has 2 saturated heterocycles. The number of carbonyl (C=O) groups is 4. The van der Waals surface area contributed by atoms with Crippen LogP contribution in [0.4, 0.5) is 0 Å². The molecule has 4 aliphatic carbocycles. The lowest BCUT2D eigenvalue weighted by Crippen LogP contribution is -2.43. The van der Waals surface area contributed by atoms with Crippen molar-refractivity contribution in [2.24, 2.45) is 58.7 Å². The normalized spacial score (nSPS) is 37.2. The van der Waals surface area contributed by atoms with Gasteiger partial charge in [0.1, 0.15) is 24.4 Å². The molecule has 0 radical (unpaired) electrons. The van der Waals surface area contributed by atoms with Crippen LogP contribution in [0.3, 0.4) is 0 Å². The molecule has 330 valence electrons. The number of rotatable bonds is 12. The molecule has 0 saturated carbocycles. The maximum absolute atomic E-state index is 12.9. The van der Waals surface area contributed by atoms with E-state index in [1.54, 1.807) is 0 Å². The molecule has 2 unspecified atom stereocenters. The number of carbonyl (C=O) groups excluding carboxylic acids is 4. The zero-order valence-corrected chi connectivity index (χ0v) is 37.3. The second-order valence-electron chi connectivity index (χ2n) is 19.6. The summed E-state index contributed by atoms with van der Waals surface area (Å²) in [6.45, 7) is 18.6. The van der Waals surface area contributed by atoms with Crippen molar-refractivity contribution in [3.63, 3.8) is 0 Å². The van der Waals surface area contributed by atoms with E-state index in [2.05, 4.69) is 64.2 Å². The molecule has 2 aliphatic heterocycles. The van der Waals surface area contributed by atoms with Crippen LogP contribution in [0.5, 0.6) is 0 Å². The molecule has 59 heavy (non-hydrogen) atoms. The fraction of sp³-hybridized carbons (Fsp3) is 0.755. The van der Waals surface area contributed by atoms with Crippen LogP contribution in [-0.4, -0.2) is 70.7 Å². The summed E-state index contributed by atoms with van der Waals surface area (Å²) >= 11 is 0. The number of ether oxygens (including phenoxy) is 4. The first kappa shape index (κ1) is 46.8. The summed E-state index contributed by atoms with van der Waals surface area (Å²) < 4.78 is 23.1. The summed E-state index contributed by atoms with van der Waals surface area (Å²) in [4.78, 5) is 48.8. The second kappa shape index (κ2) is 20.5. The molecule has 0 aromatic heterocycles. The number of fused-ring (bicyclic) bond motifs is 2. The summed E-state index contributed by atoms with van der Waals surface area (Å²) in [5.41, 5.74) is 2.06. The van der Waals surface area contributed by atoms with Crippen LogP contribution in [0, 0.1) is 58.7 Å². The number of hydrogen-bond donors (Lipinski definition) is 2. The smallest absolute Gasteiger partial charge is 0.311 e. The van der Waals surface area contributed by atoms with Crippen LogP contribution in [0.15, 0.2) is 47.6 Å². The number of aliphatic hydroxyl groups excluding tert-OH is 2. The molecule has 2 N–H and O–H groups in total. The molecule has 0 spiro atoms. The highest BCUT2D eigenvalue weighted by Gasteiger charge is 2.44. The van der Waals surface area contributed by atoms with Crippen LogP contribution >= 0.6 is 0 Å². The van der Waals surface area contributed by atoms with Gasteiger partial charge in [0, 0.05) is 24.7 Å². The first-order valence-electron chi connectivity index (χ1n) is 22.8. The van der Waals surface area contributed by atoms with E-state index >= 15 is 0 Å². The Balaban J connectivity index is 0.000000224. The monoisotopic (exact) mass is 823 g/mol. The number of allylic oxidation sites excluding steroid dienone is 6. The third kappa shape index (κ3) is 12.2. The quantitative estimate of drug-likeness (QED) is 0.145. The average molecular weight is 823 g/mol. The molecule has 2 heterocycles. The van der Waals surface area contributed by atoms with Gasteiger partial charge < -0.3 is 29.2 Å². The first-order chi connectivity index (χ1) is 27.9. The SMILES string of the molecule is CCC(C)(C)C(=O)O[C@H]1C[C@@H](C)C=C2C=C[C@H](C)[C@H](CC[C@@H]3C[C@@H](O)CC(=O)O3)C21.CC[C@H](C)C(=O)O[C@H]1C[C@@H](C)C=C2C=C[C@H](C)[C@H](CC[C@@H]3C[C@@H](O)CC(=O)O3)C21. The molecule has 0 amide bonds. The molecule has 0 aromatic carbocycles. The van der Waals surface area contributed by atoms with Gasteiger partial charge in [-0.3, -0.25) is 19.2 Å². The lowest BCUT2D eigenvalue weighted by molar-refractivity contribution is -0.166. The minimum absolute atomic E-state index is 0.0854. The van der Waals surface area contributed by atoms with Gasteiger partial charge in [-0.15, -0.1) is 0 Å². The van der Waals surface area contributed by atoms with E-state index in [-0.39, 0.29) is 78.9 Å². The molecule has 15 atom stereocenters. The zero-order valence-electron chi connectivity index (χ0n) is 37.3. The van der Waals surface area contributed by atoms with Gasteiger partial charge in [-0.25, -0.2) is 0 Å². The third-order valence-electron chi connectivity index (χ3n) is 14.3. The number of hydrogen-bond acceptors (Lipinski definition) is 10. The van der Waals surface area contributed by atoms with Crippen molar-refractivity contribution in [1.82, 2.24) is 0 Å². The van der Waals surface area contributed by atoms with Crippen LogP contribution < -0.4 is 0 Å². The minimum atomic E-state index is -0.601. The second-order valence-corrected chi connectivity index (χ2v) is 19.6. The van der Waals surface area contributed by atoms with Gasteiger partial charge in [0.25, 0.3) is 0 Å². The van der Waals surface area contributed by atoms with E-state index in [1.165, 1.54) is 11.1 Å². The Kier molecular flexibility index (Phi) is 16.3. The topological polar surface area (TPSA) is 146 Å². The number of esters is 4. The maximum Gasteiger partial charge on any atom is 0.311 e. The van der Waals surface area contributed by atoms with E-state index in [1.807, 2.05) is 34.6 Å². The summed E-state index contributed by atoms with van der Waals surface area (Å²) in [7, 11) is 0. The Bertz CT molecular complexity index is 1610. The van der Waals surface area contributed by atoms with Gasteiger partial charge in [0.2, 0.25) is 0 Å². The molecule has 0 bridgehead atoms. The Morgan fingerprint density at radius 2 is 1.17 bits per heavy atom. The Morgan fingerprint density at radius 1 is 0.729 bits per heavy atom. The largest absolute Gasteiger partial charge is 0.462 e. The van der Waals surface area contributed by atoms with Crippen molar-refractivity contribution >= 4 is 23.9 Å². The average Bonchev–Trinajstić information content (AvgIpc) is 3.16. The van der Waals surface area contributed by atoms with E-state index in [4.69, 9.17) is 18.9 Å². The predicted molar refractivity (Wildman–Crippen MR) is 226 cm³/mol. The molecule has 10 heteroatoms. The van der Waals surface area contributed by atoms with Crippen molar-refractivity contribution in [3.8, 4) is 0 Å². The highest BCUT2D eigenvalue weighted by atomic mass is 16.6. The van der Waals surface area contributed by atoms with E-state index in [0.29, 0.717) is 48.3 Å². The third-order valence-corrected chi connectivity index (χ3v) is 14.3. The number of cyclic esters (lactones) is 2. The number of aliphatic hydroxyl groups is 2. The van der Waals surface area contributed by atoms with E-state index in [9.17, 15) is 29.4 Å². The van der Waals surface area contributed by atoms with Gasteiger partial charge >= 0.3 is 23.9 Å². The standard InChI is InChI=1S/C25H38O5.C24H36O5/c1-6-25(4,5)24(28)30-21-12-15(2)11-17-8-7-16(3)20(23(17)21)10-9-19-13-18(26)14-22(27)29-19;1-5-15(3)24(27)29-21-11-14(2)10-17-7-6-16(4)20(23(17)21)9-8-19-12-18(25)13-22(26)28-19/h7-8,11,15-16,18-21,23,26H,6,9-10,12-14H2,1-5H3;6-7,10,14-16,18-21,23,25H,5,8-9,11-13H2,1-4H3/t15-,16-,18+,19+,20-,21-,23?;14-,15-,16-,18+,19+,20-,21-,23?/m00/s1. The van der Waals surface area contributed by atoms with Gasteiger partial charge in [0.15, 0.2) is 0 Å². The predicted octanol–water partition coefficient (Wildman–Crippen LogP) is 8.78. The summed E-state index contributed by atoms with van der Waals surface area (Å²) in [6, 6.07) is 0. The van der Waals surface area contributed by atoms with Crippen molar-refractivity contribution in [2.75, 3.05) is 0 Å². The zero-order chi connectivity index (χ0) is 43.2. The van der Waals surface area contributed by atoms with Crippen molar-refractivity contribution in [3.05, 3.63) is 47.6 Å². The minimum Gasteiger partial charge on any atom is -0.462 e. The van der Waals surface area contributed by atoms with Gasteiger partial charge in [-0.2, -0.15) is 0 Å². The maximum atomic E-state index is 12.9. The fourth-order valence-electron chi connectivity index (χ4n) is 10.1. The summed E-state index contributed by atoms with van der Waals surface area (Å²) in [5.74, 6) is 1.53. The Labute approximate surface area is 353 Å². The summed E-state index contributed by atoms with van der Waals surface area (Å²) in [6.07, 6.45) is 19.3. The van der Waals surface area contributed by atoms with E-state index in [0.717, 1.165) is 51.4 Å². The molecule has 6 aliphatic rings. The summed E-state index contributed by atoms with van der Waals surface area (Å²) in [5, 5.41) is 19.8. The van der Waals surface area contributed by atoms with Gasteiger partial charge in [0.05, 0.1) is 36.4 Å². The van der Waals surface area contributed by atoms with Gasteiger partial charge in [-0.1, -0.05) is 84.9 Å². The molecule has 6 rings (SSSR count). The Hall–Kier alpha value is -3.24. The fourth-order valence-corrected chi connectivity index (χ4v) is 10.1. The van der Waals surface area contributed by atoms with E-state index < -0.39 is 17.6 Å². The van der Waals surface area contributed by atoms with Crippen molar-refractivity contribution in [2.45, 2.75) is 176 Å². The molecule has 0 aromatic rings. The lowest BCUT2D eigenvalue weighted by Gasteiger charge is -2.44. The van der Waals surface area contributed by atoms with Crippen molar-refractivity contribution < 1.29 is 48.3 Å². The lowest BCUT2D eigenvalue weighted by atomic mass is 9.65. The highest BCUT2D eigenvalue weighted by Crippen LogP contribution is 2.47. The molecular weight excluding hydrogens is 749 g/mol. The Morgan fingerprint density at radius 3 is 1.58 bits per heavy atom. The van der Waals surface area contributed by atoms with Crippen molar-refractivity contribution in [1.29, 1.82) is 0 Å². The first-order valence-corrected chi connectivity index (χ1v) is 22.8.